The Bertz CT molecular complexity index is 1520. The van der Waals surface area contributed by atoms with Crippen LogP contribution in [0, 0.1) is 5.82 Å². The smallest absolute Gasteiger partial charge is 0.189 e. The number of benzene rings is 2. The van der Waals surface area contributed by atoms with Gasteiger partial charge < -0.3 is 19.2 Å². The Balaban J connectivity index is 1.63. The van der Waals surface area contributed by atoms with Crippen LogP contribution >= 0.6 is 0 Å². The van der Waals surface area contributed by atoms with Crippen molar-refractivity contribution in [2.24, 2.45) is 0 Å². The molecule has 0 spiro atoms. The quantitative estimate of drug-likeness (QED) is 0.0645. The lowest BCUT2D eigenvalue weighted by Gasteiger charge is -2.16. The van der Waals surface area contributed by atoms with E-state index in [1.54, 1.807) is 10.7 Å². The maximum absolute atomic E-state index is 15.3. The standard InChI is InChI=1S/C31H43FN4O4Si2/c1-8-22-16-29(40-21-39-12-14-42(5,6)7)27(32)17-26(22)23-9-10-25-28(15-23)36(20-38-11-13-41(2,3)4)35-30(25)31-33-18-24(19-37)34-31/h9-10,15-19H,8,11-14,20-21H2,1-7H3,(H,33,34). The van der Waals surface area contributed by atoms with E-state index in [9.17, 15) is 4.79 Å². The number of hydrogen-bond donors (Lipinski definition) is 1. The molecule has 11 heteroatoms. The van der Waals surface area contributed by atoms with Gasteiger partial charge in [-0.15, -0.1) is 0 Å². The molecular weight excluding hydrogens is 568 g/mol. The van der Waals surface area contributed by atoms with Crippen molar-refractivity contribution in [2.75, 3.05) is 20.0 Å². The van der Waals surface area contributed by atoms with E-state index in [2.05, 4.69) is 49.3 Å². The molecule has 226 valence electrons. The van der Waals surface area contributed by atoms with Crippen LogP contribution in [0.15, 0.2) is 36.5 Å². The number of carbonyl (C=O) groups is 1. The molecule has 0 aliphatic heterocycles. The highest BCUT2D eigenvalue weighted by Gasteiger charge is 2.19. The van der Waals surface area contributed by atoms with Crippen LogP contribution < -0.4 is 4.74 Å². The summed E-state index contributed by atoms with van der Waals surface area (Å²) >= 11 is 0. The number of nitrogens with one attached hydrogen (secondary N) is 1. The summed E-state index contributed by atoms with van der Waals surface area (Å²) in [4.78, 5) is 18.6. The fourth-order valence-electron chi connectivity index (χ4n) is 4.47. The molecule has 2 aromatic carbocycles. The summed E-state index contributed by atoms with van der Waals surface area (Å²) in [5.74, 6) is 0.262. The van der Waals surface area contributed by atoms with E-state index in [1.165, 1.54) is 12.3 Å². The summed E-state index contributed by atoms with van der Waals surface area (Å²) < 4.78 is 34.4. The van der Waals surface area contributed by atoms with Crippen molar-refractivity contribution in [2.45, 2.75) is 71.4 Å². The minimum Gasteiger partial charge on any atom is -0.464 e. The first-order valence-corrected chi connectivity index (χ1v) is 21.9. The summed E-state index contributed by atoms with van der Waals surface area (Å²) in [6, 6.07) is 11.3. The lowest BCUT2D eigenvalue weighted by molar-refractivity contribution is 0.0197. The molecule has 2 heterocycles. The summed E-state index contributed by atoms with van der Waals surface area (Å²) in [7, 11) is -2.45. The first kappa shape index (κ1) is 31.8. The number of imidazole rings is 1. The van der Waals surface area contributed by atoms with Crippen LogP contribution in [0.3, 0.4) is 0 Å². The molecule has 0 amide bonds. The lowest BCUT2D eigenvalue weighted by atomic mass is 9.96. The van der Waals surface area contributed by atoms with E-state index in [0.717, 1.165) is 46.0 Å². The zero-order chi connectivity index (χ0) is 30.5. The monoisotopic (exact) mass is 610 g/mol. The average Bonchev–Trinajstić information content (AvgIpc) is 3.54. The van der Waals surface area contributed by atoms with E-state index < -0.39 is 22.0 Å². The van der Waals surface area contributed by atoms with Crippen molar-refractivity contribution in [1.29, 1.82) is 0 Å². The van der Waals surface area contributed by atoms with Gasteiger partial charge in [-0.2, -0.15) is 5.10 Å². The number of aryl methyl sites for hydroxylation is 1. The molecule has 0 unspecified atom stereocenters. The third-order valence-electron chi connectivity index (χ3n) is 7.05. The van der Waals surface area contributed by atoms with Crippen LogP contribution in [0.4, 0.5) is 4.39 Å². The van der Waals surface area contributed by atoms with Crippen LogP contribution in [0.25, 0.3) is 33.5 Å². The number of fused-ring (bicyclic) bond motifs is 1. The topological polar surface area (TPSA) is 91.3 Å². The van der Waals surface area contributed by atoms with Gasteiger partial charge in [-0.3, -0.25) is 4.79 Å². The molecular formula is C31H43FN4O4Si2. The van der Waals surface area contributed by atoms with Crippen LogP contribution in [-0.2, 0) is 22.6 Å². The SMILES string of the molecule is CCc1cc(OCOCC[Si](C)(C)C)c(F)cc1-c1ccc2c(-c3ncc(C=O)[nH]3)nn(COCC[Si](C)(C)C)c2c1. The molecule has 2 aromatic heterocycles. The van der Waals surface area contributed by atoms with E-state index in [4.69, 9.17) is 19.3 Å². The average molecular weight is 611 g/mol. The highest BCUT2D eigenvalue weighted by Crippen LogP contribution is 2.35. The number of H-pyrrole nitrogens is 1. The molecule has 0 saturated heterocycles. The number of rotatable bonds is 15. The largest absolute Gasteiger partial charge is 0.464 e. The third kappa shape index (κ3) is 8.24. The Morgan fingerprint density at radius 2 is 1.71 bits per heavy atom. The summed E-state index contributed by atoms with van der Waals surface area (Å²) in [6.07, 6.45) is 2.91. The predicted molar refractivity (Wildman–Crippen MR) is 171 cm³/mol. The van der Waals surface area contributed by atoms with Crippen molar-refractivity contribution in [3.05, 3.63) is 53.6 Å². The number of halogens is 1. The van der Waals surface area contributed by atoms with Crippen LogP contribution in [0.1, 0.15) is 23.0 Å². The second-order valence-electron chi connectivity index (χ2n) is 13.0. The fraction of sp³-hybridized carbons (Fsp3) is 0.452. The molecule has 0 bridgehead atoms. The van der Waals surface area contributed by atoms with Gasteiger partial charge in [0.15, 0.2) is 30.5 Å². The van der Waals surface area contributed by atoms with Gasteiger partial charge in [-0.1, -0.05) is 52.3 Å². The Hall–Kier alpha value is -3.13. The molecule has 0 saturated carbocycles. The second-order valence-corrected chi connectivity index (χ2v) is 24.3. The van der Waals surface area contributed by atoms with Crippen molar-refractivity contribution in [3.8, 4) is 28.4 Å². The van der Waals surface area contributed by atoms with Gasteiger partial charge in [0.1, 0.15) is 12.4 Å². The summed E-state index contributed by atoms with van der Waals surface area (Å²) in [6.45, 7) is 17.4. The van der Waals surface area contributed by atoms with Gasteiger partial charge in [-0.25, -0.2) is 14.1 Å². The Morgan fingerprint density at radius 1 is 1.00 bits per heavy atom. The van der Waals surface area contributed by atoms with Gasteiger partial charge in [-0.05, 0) is 59.5 Å². The van der Waals surface area contributed by atoms with Crippen molar-refractivity contribution in [3.63, 3.8) is 0 Å². The Morgan fingerprint density at radius 3 is 2.36 bits per heavy atom. The molecule has 0 aliphatic carbocycles. The normalized spacial score (nSPS) is 12.3. The summed E-state index contributed by atoms with van der Waals surface area (Å²) in [5.41, 5.74) is 4.45. The molecule has 42 heavy (non-hydrogen) atoms. The van der Waals surface area contributed by atoms with Crippen LogP contribution in [0.2, 0.25) is 51.4 Å². The first-order chi connectivity index (χ1) is 19.9. The summed E-state index contributed by atoms with van der Waals surface area (Å²) in [5, 5.41) is 5.66. The minimum absolute atomic E-state index is 0.0219. The molecule has 4 aromatic rings. The van der Waals surface area contributed by atoms with Crippen LogP contribution in [0.5, 0.6) is 5.75 Å². The number of hydrogen-bond acceptors (Lipinski definition) is 6. The Labute approximate surface area is 249 Å². The molecule has 0 atom stereocenters. The van der Waals surface area contributed by atoms with Gasteiger partial charge in [0.2, 0.25) is 0 Å². The van der Waals surface area contributed by atoms with E-state index in [-0.39, 0.29) is 19.3 Å². The second kappa shape index (κ2) is 13.5. The van der Waals surface area contributed by atoms with Gasteiger partial charge in [0.25, 0.3) is 0 Å². The first-order valence-electron chi connectivity index (χ1n) is 14.5. The van der Waals surface area contributed by atoms with Crippen molar-refractivity contribution in [1.82, 2.24) is 19.7 Å². The molecule has 1 N–H and O–H groups in total. The maximum atomic E-state index is 15.3. The zero-order valence-electron chi connectivity index (χ0n) is 25.8. The number of aromatic amines is 1. The third-order valence-corrected chi connectivity index (χ3v) is 10.5. The van der Waals surface area contributed by atoms with E-state index in [0.29, 0.717) is 36.8 Å². The zero-order valence-corrected chi connectivity index (χ0v) is 27.8. The molecule has 0 fully saturated rings. The number of aromatic nitrogens is 4. The molecule has 8 nitrogen and oxygen atoms in total. The Kier molecular flexibility index (Phi) is 10.2. The number of ether oxygens (including phenoxy) is 3. The van der Waals surface area contributed by atoms with Crippen molar-refractivity contribution < 1.29 is 23.4 Å². The van der Waals surface area contributed by atoms with Crippen molar-refractivity contribution >= 4 is 33.3 Å². The molecule has 0 aliphatic rings. The fourth-order valence-corrected chi connectivity index (χ4v) is 5.98. The highest BCUT2D eigenvalue weighted by molar-refractivity contribution is 6.76. The van der Waals surface area contributed by atoms with E-state index >= 15 is 4.39 Å². The van der Waals surface area contributed by atoms with Crippen LogP contribution in [-0.4, -0.2) is 62.2 Å². The lowest BCUT2D eigenvalue weighted by Crippen LogP contribution is -2.22. The van der Waals surface area contributed by atoms with Gasteiger partial charge >= 0.3 is 0 Å². The maximum Gasteiger partial charge on any atom is 0.189 e. The number of nitrogens with zero attached hydrogens (tertiary/aromatic N) is 3. The molecule has 4 rings (SSSR count). The molecule has 0 radical (unpaired) electrons. The van der Waals surface area contributed by atoms with Gasteiger partial charge in [0.05, 0.1) is 17.4 Å². The minimum atomic E-state index is -1.25. The van der Waals surface area contributed by atoms with Gasteiger partial charge in [0, 0.05) is 34.7 Å². The highest BCUT2D eigenvalue weighted by atomic mass is 28.3. The van der Waals surface area contributed by atoms with E-state index in [1.807, 2.05) is 25.1 Å². The number of aldehydes is 1. The number of carbonyl (C=O) groups excluding carboxylic acids is 1. The predicted octanol–water partition coefficient (Wildman–Crippen LogP) is 7.61.